The number of para-hydroxylation sites is 1. The fraction of sp³-hybridized carbons (Fsp3) is 0. The molecule has 3 aromatic heterocycles. The second-order valence-corrected chi connectivity index (χ2v) is 6.05. The minimum absolute atomic E-state index is 0.324. The number of nitrogens with zero attached hydrogens (tertiary/aromatic N) is 3. The van der Waals surface area contributed by atoms with E-state index in [4.69, 9.17) is 4.74 Å². The van der Waals surface area contributed by atoms with Crippen LogP contribution in [0, 0.1) is 3.57 Å². The van der Waals surface area contributed by atoms with E-state index in [1.165, 1.54) is 0 Å². The number of rotatable bonds is 3. The molecule has 112 valence electrons. The van der Waals surface area contributed by atoms with Gasteiger partial charge in [-0.25, -0.2) is 15.0 Å². The highest BCUT2D eigenvalue weighted by Crippen LogP contribution is 2.33. The van der Waals surface area contributed by atoms with Gasteiger partial charge in [0.15, 0.2) is 0 Å². The third kappa shape index (κ3) is 2.77. The van der Waals surface area contributed by atoms with Crippen LogP contribution in [0.5, 0.6) is 11.8 Å². The molecular weight excluding hydrogens is 403 g/mol. The van der Waals surface area contributed by atoms with Crippen LogP contribution in [0.25, 0.3) is 22.2 Å². The van der Waals surface area contributed by atoms with Crippen LogP contribution in [-0.2, 0) is 0 Å². The van der Waals surface area contributed by atoms with Crippen molar-refractivity contribution in [2.45, 2.75) is 0 Å². The number of H-pyrrole nitrogens is 1. The molecule has 0 saturated carbocycles. The molecule has 0 aliphatic rings. The Kier molecular flexibility index (Phi) is 3.66. The normalized spacial score (nSPS) is 10.8. The van der Waals surface area contributed by atoms with Crippen molar-refractivity contribution in [1.29, 1.82) is 0 Å². The molecule has 0 atom stereocenters. The topological polar surface area (TPSA) is 63.7 Å². The van der Waals surface area contributed by atoms with Gasteiger partial charge >= 0.3 is 6.01 Å². The number of nitrogens with one attached hydrogen (secondary N) is 1. The van der Waals surface area contributed by atoms with Gasteiger partial charge in [0.1, 0.15) is 11.4 Å². The summed E-state index contributed by atoms with van der Waals surface area (Å²) >= 11 is 2.29. The molecule has 0 saturated heterocycles. The zero-order valence-electron chi connectivity index (χ0n) is 11.9. The molecule has 1 N–H and O–H groups in total. The summed E-state index contributed by atoms with van der Waals surface area (Å²) in [6.07, 6.45) is 7.09. The lowest BCUT2D eigenvalue weighted by molar-refractivity contribution is 0.443. The smallest absolute Gasteiger partial charge is 0.321 e. The van der Waals surface area contributed by atoms with E-state index in [1.807, 2.05) is 36.7 Å². The first-order valence-electron chi connectivity index (χ1n) is 6.98. The van der Waals surface area contributed by atoms with Crippen LogP contribution in [0.1, 0.15) is 0 Å². The van der Waals surface area contributed by atoms with Crippen molar-refractivity contribution in [2.75, 3.05) is 0 Å². The summed E-state index contributed by atoms with van der Waals surface area (Å²) in [7, 11) is 0. The van der Waals surface area contributed by atoms with Crippen molar-refractivity contribution >= 4 is 33.6 Å². The molecule has 23 heavy (non-hydrogen) atoms. The second-order valence-electron chi connectivity index (χ2n) is 4.89. The molecule has 3 heterocycles. The van der Waals surface area contributed by atoms with Crippen LogP contribution < -0.4 is 4.74 Å². The maximum absolute atomic E-state index is 5.83. The molecule has 0 aliphatic carbocycles. The highest BCUT2D eigenvalue weighted by molar-refractivity contribution is 14.1. The Balaban J connectivity index is 1.80. The molecular formula is C17H11IN4O. The maximum atomic E-state index is 5.83. The first kappa shape index (κ1) is 14.1. The lowest BCUT2D eigenvalue weighted by Crippen LogP contribution is -1.93. The van der Waals surface area contributed by atoms with E-state index in [9.17, 15) is 0 Å². The van der Waals surface area contributed by atoms with Crippen LogP contribution in [0.4, 0.5) is 0 Å². The Morgan fingerprint density at radius 2 is 1.83 bits per heavy atom. The average Bonchev–Trinajstić information content (AvgIpc) is 2.97. The van der Waals surface area contributed by atoms with E-state index in [1.54, 1.807) is 18.5 Å². The van der Waals surface area contributed by atoms with Gasteiger partial charge in [-0.1, -0.05) is 18.2 Å². The predicted octanol–water partition coefficient (Wildman–Crippen LogP) is 4.42. The summed E-state index contributed by atoms with van der Waals surface area (Å²) in [4.78, 5) is 15.8. The third-order valence-corrected chi connectivity index (χ3v) is 4.31. The van der Waals surface area contributed by atoms with Crippen LogP contribution >= 0.6 is 22.6 Å². The van der Waals surface area contributed by atoms with E-state index in [0.29, 0.717) is 11.8 Å². The summed E-state index contributed by atoms with van der Waals surface area (Å²) in [5, 5.41) is 1.09. The average molecular weight is 414 g/mol. The van der Waals surface area contributed by atoms with Gasteiger partial charge in [-0.3, -0.25) is 0 Å². The predicted molar refractivity (Wildman–Crippen MR) is 96.4 cm³/mol. The van der Waals surface area contributed by atoms with Gasteiger partial charge < -0.3 is 9.72 Å². The highest BCUT2D eigenvalue weighted by atomic mass is 127. The second kappa shape index (κ2) is 5.96. The Labute approximate surface area is 145 Å². The number of ether oxygens (including phenoxy) is 1. The van der Waals surface area contributed by atoms with E-state index in [2.05, 4.69) is 48.6 Å². The number of aromatic nitrogens is 4. The number of fused-ring (bicyclic) bond motifs is 1. The Hall–Kier alpha value is -2.48. The molecule has 0 spiro atoms. The van der Waals surface area contributed by atoms with Gasteiger partial charge in [0, 0.05) is 44.9 Å². The number of benzene rings is 1. The number of hydrogen-bond donors (Lipinski definition) is 1. The van der Waals surface area contributed by atoms with Crippen molar-refractivity contribution < 1.29 is 4.74 Å². The van der Waals surface area contributed by atoms with Crippen molar-refractivity contribution in [3.8, 4) is 22.9 Å². The molecule has 0 fully saturated rings. The molecule has 1 aromatic carbocycles. The zero-order chi connectivity index (χ0) is 15.6. The van der Waals surface area contributed by atoms with Gasteiger partial charge in [-0.2, -0.15) is 0 Å². The number of halogens is 1. The molecule has 0 aliphatic heterocycles. The van der Waals surface area contributed by atoms with Crippen molar-refractivity contribution in [3.05, 3.63) is 64.8 Å². The standard InChI is InChI=1S/C17H11IN4O/c18-14-10-22-16-13(14)8-11(9-21-16)12-4-1-2-5-15(12)23-17-19-6-3-7-20-17/h1-10H,(H,21,22). The van der Waals surface area contributed by atoms with Crippen molar-refractivity contribution in [1.82, 2.24) is 19.9 Å². The SMILES string of the molecule is Ic1c[nH]c2ncc(-c3ccccc3Oc3ncccn3)cc12. The van der Waals surface area contributed by atoms with E-state index in [-0.39, 0.29) is 0 Å². The van der Waals surface area contributed by atoms with Gasteiger partial charge in [0.25, 0.3) is 0 Å². The van der Waals surface area contributed by atoms with Crippen LogP contribution in [-0.4, -0.2) is 19.9 Å². The van der Waals surface area contributed by atoms with E-state index >= 15 is 0 Å². The van der Waals surface area contributed by atoms with E-state index < -0.39 is 0 Å². The van der Waals surface area contributed by atoms with Crippen LogP contribution in [0.3, 0.4) is 0 Å². The molecule has 0 unspecified atom stereocenters. The minimum Gasteiger partial charge on any atom is -0.424 e. The summed E-state index contributed by atoms with van der Waals surface area (Å²) in [6.45, 7) is 0. The largest absolute Gasteiger partial charge is 0.424 e. The quantitative estimate of drug-likeness (QED) is 0.505. The first-order valence-corrected chi connectivity index (χ1v) is 8.06. The Morgan fingerprint density at radius 1 is 1.00 bits per heavy atom. The summed E-state index contributed by atoms with van der Waals surface area (Å²) in [6, 6.07) is 12.0. The van der Waals surface area contributed by atoms with Gasteiger partial charge in [-0.05, 0) is 40.8 Å². The Morgan fingerprint density at radius 3 is 2.70 bits per heavy atom. The fourth-order valence-corrected chi connectivity index (χ4v) is 2.92. The van der Waals surface area contributed by atoms with Gasteiger partial charge in [0.05, 0.1) is 0 Å². The monoisotopic (exact) mass is 414 g/mol. The summed E-state index contributed by atoms with van der Waals surface area (Å²) in [5.41, 5.74) is 2.82. The Bertz CT molecular complexity index is 969. The van der Waals surface area contributed by atoms with Crippen LogP contribution in [0.15, 0.2) is 61.2 Å². The lowest BCUT2D eigenvalue weighted by Gasteiger charge is -2.09. The maximum Gasteiger partial charge on any atom is 0.321 e. The fourth-order valence-electron chi connectivity index (χ4n) is 2.35. The molecule has 4 rings (SSSR count). The molecule has 6 heteroatoms. The molecule has 0 amide bonds. The summed E-state index contributed by atoms with van der Waals surface area (Å²) in [5.74, 6) is 0.699. The van der Waals surface area contributed by atoms with Crippen molar-refractivity contribution in [2.24, 2.45) is 0 Å². The molecule has 5 nitrogen and oxygen atoms in total. The number of aromatic amines is 1. The third-order valence-electron chi connectivity index (χ3n) is 3.42. The highest BCUT2D eigenvalue weighted by Gasteiger charge is 2.11. The molecule has 0 radical (unpaired) electrons. The van der Waals surface area contributed by atoms with E-state index in [0.717, 1.165) is 25.7 Å². The van der Waals surface area contributed by atoms with Crippen LogP contribution in [0.2, 0.25) is 0 Å². The molecule has 0 bridgehead atoms. The first-order chi connectivity index (χ1) is 11.3. The number of pyridine rings is 1. The minimum atomic E-state index is 0.324. The molecule has 4 aromatic rings. The van der Waals surface area contributed by atoms with Gasteiger partial charge in [-0.15, -0.1) is 0 Å². The number of hydrogen-bond acceptors (Lipinski definition) is 4. The zero-order valence-corrected chi connectivity index (χ0v) is 14.1. The van der Waals surface area contributed by atoms with Crippen molar-refractivity contribution in [3.63, 3.8) is 0 Å². The van der Waals surface area contributed by atoms with Gasteiger partial charge in [0.2, 0.25) is 0 Å². The lowest BCUT2D eigenvalue weighted by atomic mass is 10.1. The summed E-state index contributed by atoms with van der Waals surface area (Å²) < 4.78 is 6.96.